The normalized spacial score (nSPS) is 22.6. The van der Waals surface area contributed by atoms with E-state index in [-0.39, 0.29) is 5.91 Å². The molecule has 0 unspecified atom stereocenters. The fourth-order valence-electron chi connectivity index (χ4n) is 2.69. The van der Waals surface area contributed by atoms with Crippen LogP contribution in [-0.2, 0) is 11.2 Å². The summed E-state index contributed by atoms with van der Waals surface area (Å²) < 4.78 is 0. The molecule has 0 radical (unpaired) electrons. The van der Waals surface area contributed by atoms with E-state index in [0.29, 0.717) is 22.4 Å². The van der Waals surface area contributed by atoms with Crippen molar-refractivity contribution in [1.29, 1.82) is 0 Å². The maximum absolute atomic E-state index is 11.9. The van der Waals surface area contributed by atoms with Crippen LogP contribution in [0.2, 0.25) is 10.0 Å². The molecule has 0 heterocycles. The first-order valence-corrected chi connectivity index (χ1v) is 8.01. The highest BCUT2D eigenvalue weighted by Crippen LogP contribution is 2.27. The number of amides is 1. The predicted octanol–water partition coefficient (Wildman–Crippen LogP) is 4.48. The average Bonchev–Trinajstić information content (AvgIpc) is 2.42. The first kappa shape index (κ1) is 15.7. The number of hydrogen-bond acceptors (Lipinski definition) is 1. The van der Waals surface area contributed by atoms with Crippen molar-refractivity contribution < 1.29 is 4.79 Å². The zero-order valence-electron chi connectivity index (χ0n) is 11.8. The van der Waals surface area contributed by atoms with E-state index >= 15 is 0 Å². The van der Waals surface area contributed by atoms with Crippen molar-refractivity contribution in [3.8, 4) is 0 Å². The summed E-state index contributed by atoms with van der Waals surface area (Å²) in [4.78, 5) is 11.9. The van der Waals surface area contributed by atoms with Gasteiger partial charge in [0.05, 0.1) is 16.5 Å². The molecule has 1 aromatic carbocycles. The standard InChI is InChI=1S/C16H21Cl2NO/c1-11-2-4-12(5-3-11)10-19-16(20)9-13-6-7-14(17)15(18)8-13/h6-8,11-12H,2-5,9-10H2,1H3,(H,19,20). The Morgan fingerprint density at radius 2 is 1.90 bits per heavy atom. The molecule has 1 amide bonds. The number of carbonyl (C=O) groups is 1. The van der Waals surface area contributed by atoms with Gasteiger partial charge in [-0.2, -0.15) is 0 Å². The van der Waals surface area contributed by atoms with Gasteiger partial charge in [-0.1, -0.05) is 49.0 Å². The molecule has 0 saturated heterocycles. The first-order valence-electron chi connectivity index (χ1n) is 7.25. The zero-order valence-corrected chi connectivity index (χ0v) is 13.3. The van der Waals surface area contributed by atoms with Crippen LogP contribution in [-0.4, -0.2) is 12.5 Å². The fourth-order valence-corrected chi connectivity index (χ4v) is 3.01. The van der Waals surface area contributed by atoms with E-state index in [1.165, 1.54) is 25.7 Å². The van der Waals surface area contributed by atoms with E-state index in [1.54, 1.807) is 12.1 Å². The van der Waals surface area contributed by atoms with E-state index in [0.717, 1.165) is 18.0 Å². The summed E-state index contributed by atoms with van der Waals surface area (Å²) in [5, 5.41) is 4.05. The Balaban J connectivity index is 1.76. The Kier molecular flexibility index (Phi) is 5.74. The maximum atomic E-state index is 11.9. The van der Waals surface area contributed by atoms with Crippen molar-refractivity contribution in [2.24, 2.45) is 11.8 Å². The molecule has 0 atom stereocenters. The smallest absolute Gasteiger partial charge is 0.224 e. The topological polar surface area (TPSA) is 29.1 Å². The molecular weight excluding hydrogens is 293 g/mol. The molecule has 2 rings (SSSR count). The Labute approximate surface area is 130 Å². The molecule has 110 valence electrons. The predicted molar refractivity (Wildman–Crippen MR) is 84.3 cm³/mol. The highest BCUT2D eigenvalue weighted by molar-refractivity contribution is 6.42. The molecule has 0 aromatic heterocycles. The van der Waals surface area contributed by atoms with Crippen LogP contribution in [0.5, 0.6) is 0 Å². The minimum absolute atomic E-state index is 0.0574. The Hall–Kier alpha value is -0.730. The Bertz CT molecular complexity index is 468. The van der Waals surface area contributed by atoms with Crippen LogP contribution in [0.1, 0.15) is 38.2 Å². The van der Waals surface area contributed by atoms with Crippen molar-refractivity contribution in [2.45, 2.75) is 39.0 Å². The van der Waals surface area contributed by atoms with Gasteiger partial charge in [-0.3, -0.25) is 4.79 Å². The summed E-state index contributed by atoms with van der Waals surface area (Å²) in [6.45, 7) is 3.10. The van der Waals surface area contributed by atoms with Crippen molar-refractivity contribution in [2.75, 3.05) is 6.54 Å². The van der Waals surface area contributed by atoms with Gasteiger partial charge in [-0.15, -0.1) is 0 Å². The minimum atomic E-state index is 0.0574. The molecule has 1 aromatic rings. The van der Waals surface area contributed by atoms with Crippen molar-refractivity contribution in [3.63, 3.8) is 0 Å². The third kappa shape index (κ3) is 4.68. The van der Waals surface area contributed by atoms with Gasteiger partial charge in [0.1, 0.15) is 0 Å². The molecule has 1 fully saturated rings. The third-order valence-corrected chi connectivity index (χ3v) is 4.81. The van der Waals surface area contributed by atoms with E-state index in [1.807, 2.05) is 6.07 Å². The molecule has 2 nitrogen and oxygen atoms in total. The van der Waals surface area contributed by atoms with Crippen LogP contribution in [0.4, 0.5) is 0 Å². The summed E-state index contributed by atoms with van der Waals surface area (Å²) in [5.41, 5.74) is 0.897. The van der Waals surface area contributed by atoms with E-state index in [9.17, 15) is 4.79 Å². The number of nitrogens with one attached hydrogen (secondary N) is 1. The van der Waals surface area contributed by atoms with Crippen LogP contribution in [0.15, 0.2) is 18.2 Å². The maximum Gasteiger partial charge on any atom is 0.224 e. The lowest BCUT2D eigenvalue weighted by atomic mass is 9.83. The zero-order chi connectivity index (χ0) is 14.5. The molecule has 4 heteroatoms. The summed E-state index contributed by atoms with van der Waals surface area (Å²) >= 11 is 11.8. The summed E-state index contributed by atoms with van der Waals surface area (Å²) in [6, 6.07) is 5.33. The Morgan fingerprint density at radius 3 is 2.55 bits per heavy atom. The van der Waals surface area contributed by atoms with Gasteiger partial charge in [0.2, 0.25) is 5.91 Å². The third-order valence-electron chi connectivity index (χ3n) is 4.07. The van der Waals surface area contributed by atoms with E-state index in [4.69, 9.17) is 23.2 Å². The van der Waals surface area contributed by atoms with Crippen molar-refractivity contribution >= 4 is 29.1 Å². The van der Waals surface area contributed by atoms with Crippen LogP contribution >= 0.6 is 23.2 Å². The van der Waals surface area contributed by atoms with Crippen LogP contribution < -0.4 is 5.32 Å². The van der Waals surface area contributed by atoms with Crippen LogP contribution in [0.3, 0.4) is 0 Å². The van der Waals surface area contributed by atoms with Gasteiger partial charge >= 0.3 is 0 Å². The molecule has 0 aliphatic heterocycles. The number of halogens is 2. The van der Waals surface area contributed by atoms with Crippen molar-refractivity contribution in [1.82, 2.24) is 5.32 Å². The number of carbonyl (C=O) groups excluding carboxylic acids is 1. The van der Waals surface area contributed by atoms with Gasteiger partial charge in [0, 0.05) is 6.54 Å². The molecule has 1 saturated carbocycles. The number of rotatable bonds is 4. The molecule has 1 aliphatic rings. The molecular formula is C16H21Cl2NO. The SMILES string of the molecule is CC1CCC(CNC(=O)Cc2ccc(Cl)c(Cl)c2)CC1. The molecule has 1 aliphatic carbocycles. The number of hydrogen-bond donors (Lipinski definition) is 1. The van der Waals surface area contributed by atoms with Gasteiger partial charge < -0.3 is 5.32 Å². The highest BCUT2D eigenvalue weighted by Gasteiger charge is 2.18. The van der Waals surface area contributed by atoms with Crippen LogP contribution in [0.25, 0.3) is 0 Å². The van der Waals surface area contributed by atoms with Crippen molar-refractivity contribution in [3.05, 3.63) is 33.8 Å². The average molecular weight is 314 g/mol. The molecule has 0 spiro atoms. The molecule has 0 bridgehead atoms. The quantitative estimate of drug-likeness (QED) is 0.872. The lowest BCUT2D eigenvalue weighted by molar-refractivity contribution is -0.120. The largest absolute Gasteiger partial charge is 0.356 e. The van der Waals surface area contributed by atoms with Gasteiger partial charge in [0.15, 0.2) is 0 Å². The highest BCUT2D eigenvalue weighted by atomic mass is 35.5. The van der Waals surface area contributed by atoms with E-state index in [2.05, 4.69) is 12.2 Å². The number of benzene rings is 1. The lowest BCUT2D eigenvalue weighted by Crippen LogP contribution is -2.32. The fraction of sp³-hybridized carbons (Fsp3) is 0.562. The molecule has 1 N–H and O–H groups in total. The lowest BCUT2D eigenvalue weighted by Gasteiger charge is -2.26. The van der Waals surface area contributed by atoms with Gasteiger partial charge in [-0.05, 0) is 42.4 Å². The molecule has 20 heavy (non-hydrogen) atoms. The summed E-state index contributed by atoms with van der Waals surface area (Å²) in [5.74, 6) is 1.55. The second-order valence-electron chi connectivity index (χ2n) is 5.86. The van der Waals surface area contributed by atoms with E-state index < -0.39 is 0 Å². The second-order valence-corrected chi connectivity index (χ2v) is 6.67. The summed E-state index contributed by atoms with van der Waals surface area (Å²) in [7, 11) is 0. The first-order chi connectivity index (χ1) is 9.54. The summed E-state index contributed by atoms with van der Waals surface area (Å²) in [6.07, 6.45) is 5.39. The monoisotopic (exact) mass is 313 g/mol. The van der Waals surface area contributed by atoms with Gasteiger partial charge in [-0.25, -0.2) is 0 Å². The second kappa shape index (κ2) is 7.33. The van der Waals surface area contributed by atoms with Gasteiger partial charge in [0.25, 0.3) is 0 Å². The minimum Gasteiger partial charge on any atom is -0.356 e. The van der Waals surface area contributed by atoms with Crippen LogP contribution in [0, 0.1) is 11.8 Å². The Morgan fingerprint density at radius 1 is 1.20 bits per heavy atom.